The fourth-order valence-corrected chi connectivity index (χ4v) is 2.17. The summed E-state index contributed by atoms with van der Waals surface area (Å²) in [5, 5.41) is 0.436. The van der Waals surface area contributed by atoms with Crippen molar-refractivity contribution in [2.75, 3.05) is 0 Å². The summed E-state index contributed by atoms with van der Waals surface area (Å²) in [7, 11) is 0. The van der Waals surface area contributed by atoms with Gasteiger partial charge in [0.25, 0.3) is 0 Å². The number of rotatable bonds is 2. The molecule has 1 aromatic carbocycles. The van der Waals surface area contributed by atoms with E-state index in [0.29, 0.717) is 5.16 Å². The topological polar surface area (TPSA) is 38.7 Å². The van der Waals surface area contributed by atoms with Crippen molar-refractivity contribution in [1.29, 1.82) is 0 Å². The molecule has 0 aliphatic carbocycles. The highest BCUT2D eigenvalue weighted by atomic mass is 35.5. The first-order chi connectivity index (χ1) is 7.63. The molecule has 3 nitrogen and oxygen atoms in total. The van der Waals surface area contributed by atoms with Crippen LogP contribution in [0.25, 0.3) is 0 Å². The summed E-state index contributed by atoms with van der Waals surface area (Å²) < 4.78 is 12.7. The molecule has 16 heavy (non-hydrogen) atoms. The predicted octanol–water partition coefficient (Wildman–Crippen LogP) is 3.47. The van der Waals surface area contributed by atoms with Crippen molar-refractivity contribution in [1.82, 2.24) is 15.0 Å². The molecular weight excluding hydrogens is 272 g/mol. The first kappa shape index (κ1) is 11.6. The third-order valence-electron chi connectivity index (χ3n) is 1.58. The molecule has 0 saturated heterocycles. The van der Waals surface area contributed by atoms with Crippen LogP contribution in [-0.2, 0) is 0 Å². The molecule has 0 aliphatic heterocycles. The van der Waals surface area contributed by atoms with Crippen molar-refractivity contribution < 1.29 is 4.39 Å². The van der Waals surface area contributed by atoms with Gasteiger partial charge in [0.1, 0.15) is 5.82 Å². The molecule has 0 aliphatic rings. The molecule has 7 heteroatoms. The standard InChI is InChI=1S/C9H4Cl2FN3S/c10-7-13-8(11)15-9(14-7)16-6-3-1-5(12)2-4-6/h1-4H. The first-order valence-electron chi connectivity index (χ1n) is 4.14. The highest BCUT2D eigenvalue weighted by Crippen LogP contribution is 2.25. The summed E-state index contributed by atoms with van der Waals surface area (Å²) in [5.41, 5.74) is 0. The zero-order chi connectivity index (χ0) is 11.5. The Bertz CT molecular complexity index is 486. The monoisotopic (exact) mass is 275 g/mol. The Morgan fingerprint density at radius 3 is 2.06 bits per heavy atom. The summed E-state index contributed by atoms with van der Waals surface area (Å²) in [6.45, 7) is 0. The van der Waals surface area contributed by atoms with Crippen LogP contribution >= 0.6 is 35.0 Å². The van der Waals surface area contributed by atoms with Crippen molar-refractivity contribution in [2.45, 2.75) is 10.1 Å². The second-order valence-electron chi connectivity index (χ2n) is 2.71. The lowest BCUT2D eigenvalue weighted by Gasteiger charge is -2.00. The van der Waals surface area contributed by atoms with Crippen LogP contribution in [-0.4, -0.2) is 15.0 Å². The van der Waals surface area contributed by atoms with Crippen LogP contribution in [0.3, 0.4) is 0 Å². The Labute approximate surface area is 105 Å². The van der Waals surface area contributed by atoms with Gasteiger partial charge >= 0.3 is 0 Å². The first-order valence-corrected chi connectivity index (χ1v) is 5.71. The van der Waals surface area contributed by atoms with Crippen molar-refractivity contribution in [3.05, 3.63) is 40.6 Å². The zero-order valence-corrected chi connectivity index (χ0v) is 10.0. The fourth-order valence-electron chi connectivity index (χ4n) is 0.963. The number of nitrogens with zero attached hydrogens (tertiary/aromatic N) is 3. The van der Waals surface area contributed by atoms with Crippen LogP contribution in [0.5, 0.6) is 0 Å². The van der Waals surface area contributed by atoms with Crippen LogP contribution in [0.15, 0.2) is 34.3 Å². The van der Waals surface area contributed by atoms with Gasteiger partial charge in [0.15, 0.2) is 5.16 Å². The van der Waals surface area contributed by atoms with Gasteiger partial charge in [-0.1, -0.05) is 0 Å². The quantitative estimate of drug-likeness (QED) is 0.841. The molecule has 2 aromatic rings. The second-order valence-corrected chi connectivity index (χ2v) is 4.43. The lowest BCUT2D eigenvalue weighted by Crippen LogP contribution is -1.91. The molecule has 2 rings (SSSR count). The average molecular weight is 276 g/mol. The normalized spacial score (nSPS) is 10.4. The minimum atomic E-state index is -0.295. The summed E-state index contributed by atoms with van der Waals surface area (Å²) in [6, 6.07) is 5.94. The van der Waals surface area contributed by atoms with Gasteiger partial charge in [0.05, 0.1) is 0 Å². The van der Waals surface area contributed by atoms with E-state index in [1.165, 1.54) is 23.9 Å². The molecule has 0 N–H and O–H groups in total. The van der Waals surface area contributed by atoms with E-state index in [9.17, 15) is 4.39 Å². The van der Waals surface area contributed by atoms with Gasteiger partial charge in [-0.3, -0.25) is 0 Å². The Kier molecular flexibility index (Phi) is 3.58. The number of aromatic nitrogens is 3. The molecule has 1 aromatic heterocycles. The van der Waals surface area contributed by atoms with Crippen LogP contribution in [0.1, 0.15) is 0 Å². The van der Waals surface area contributed by atoms with Gasteiger partial charge in [0, 0.05) is 4.90 Å². The molecule has 0 saturated carbocycles. The SMILES string of the molecule is Fc1ccc(Sc2nc(Cl)nc(Cl)n2)cc1. The maximum Gasteiger partial charge on any atom is 0.227 e. The Balaban J connectivity index is 2.23. The van der Waals surface area contributed by atoms with Crippen molar-refractivity contribution in [2.24, 2.45) is 0 Å². The van der Waals surface area contributed by atoms with Crippen molar-refractivity contribution in [3.8, 4) is 0 Å². The number of benzene rings is 1. The summed E-state index contributed by atoms with van der Waals surface area (Å²) in [6.07, 6.45) is 0. The smallest absolute Gasteiger partial charge is 0.207 e. The molecule has 1 heterocycles. The van der Waals surface area contributed by atoms with Gasteiger partial charge in [0.2, 0.25) is 10.6 Å². The van der Waals surface area contributed by atoms with Crippen LogP contribution < -0.4 is 0 Å². The molecule has 0 amide bonds. The molecule has 0 fully saturated rings. The van der Waals surface area contributed by atoms with Gasteiger partial charge in [-0.25, -0.2) is 4.39 Å². The van der Waals surface area contributed by atoms with E-state index in [0.717, 1.165) is 4.90 Å². The molecule has 0 radical (unpaired) electrons. The van der Waals surface area contributed by atoms with Crippen LogP contribution in [0, 0.1) is 5.82 Å². The van der Waals surface area contributed by atoms with Gasteiger partial charge < -0.3 is 0 Å². The zero-order valence-electron chi connectivity index (χ0n) is 7.69. The van der Waals surface area contributed by atoms with Gasteiger partial charge in [-0.05, 0) is 59.2 Å². The molecule has 0 atom stereocenters. The summed E-state index contributed by atoms with van der Waals surface area (Å²) >= 11 is 12.5. The fraction of sp³-hybridized carbons (Fsp3) is 0. The van der Waals surface area contributed by atoms with Crippen LogP contribution in [0.2, 0.25) is 10.6 Å². The van der Waals surface area contributed by atoms with Crippen molar-refractivity contribution in [3.63, 3.8) is 0 Å². The van der Waals surface area contributed by atoms with E-state index >= 15 is 0 Å². The van der Waals surface area contributed by atoms with E-state index in [-0.39, 0.29) is 16.4 Å². The molecule has 0 spiro atoms. The molecular formula is C9H4Cl2FN3S. The van der Waals surface area contributed by atoms with Crippen molar-refractivity contribution >= 4 is 35.0 Å². The van der Waals surface area contributed by atoms with Crippen LogP contribution in [0.4, 0.5) is 4.39 Å². The van der Waals surface area contributed by atoms with E-state index in [2.05, 4.69) is 15.0 Å². The van der Waals surface area contributed by atoms with E-state index in [1.807, 2.05) is 0 Å². The largest absolute Gasteiger partial charge is 0.227 e. The molecule has 0 unspecified atom stereocenters. The minimum Gasteiger partial charge on any atom is -0.207 e. The molecule has 82 valence electrons. The lowest BCUT2D eigenvalue weighted by atomic mass is 10.4. The van der Waals surface area contributed by atoms with Gasteiger partial charge in [-0.2, -0.15) is 15.0 Å². The number of hydrogen-bond donors (Lipinski definition) is 0. The Morgan fingerprint density at radius 2 is 1.50 bits per heavy atom. The number of halogens is 3. The Hall–Kier alpha value is -0.910. The highest BCUT2D eigenvalue weighted by molar-refractivity contribution is 7.99. The maximum absolute atomic E-state index is 12.7. The van der Waals surface area contributed by atoms with Gasteiger partial charge in [-0.15, -0.1) is 0 Å². The lowest BCUT2D eigenvalue weighted by molar-refractivity contribution is 0.626. The predicted molar refractivity (Wildman–Crippen MR) is 60.4 cm³/mol. The van der Waals surface area contributed by atoms with E-state index in [1.54, 1.807) is 12.1 Å². The van der Waals surface area contributed by atoms with E-state index in [4.69, 9.17) is 23.2 Å². The third-order valence-corrected chi connectivity index (χ3v) is 2.79. The minimum absolute atomic E-state index is 0.0320. The summed E-state index contributed by atoms with van der Waals surface area (Å²) in [5.74, 6) is -0.295. The number of hydrogen-bond acceptors (Lipinski definition) is 4. The molecule has 0 bridgehead atoms. The third kappa shape index (κ3) is 3.04. The second kappa shape index (κ2) is 4.95. The summed E-state index contributed by atoms with van der Waals surface area (Å²) in [4.78, 5) is 12.2. The highest BCUT2D eigenvalue weighted by Gasteiger charge is 2.05. The maximum atomic E-state index is 12.7. The average Bonchev–Trinajstić information content (AvgIpc) is 2.20. The Morgan fingerprint density at radius 1 is 0.938 bits per heavy atom. The van der Waals surface area contributed by atoms with E-state index < -0.39 is 0 Å².